The SMILES string of the molecule is O=C(C(Cn1ccnc1)c1ccco1)C(Cn1ccnc1)c1ccco1. The Kier molecular flexibility index (Phi) is 4.51. The molecule has 0 bridgehead atoms. The molecule has 0 radical (unpaired) electrons. The Hall–Kier alpha value is -3.35. The van der Waals surface area contributed by atoms with Crippen LogP contribution in [0.5, 0.6) is 0 Å². The molecule has 0 saturated carbocycles. The normalized spacial score (nSPS) is 13.5. The lowest BCUT2D eigenvalue weighted by Gasteiger charge is -2.21. The quantitative estimate of drug-likeness (QED) is 0.488. The molecule has 0 aliphatic carbocycles. The fourth-order valence-electron chi connectivity index (χ4n) is 3.07. The summed E-state index contributed by atoms with van der Waals surface area (Å²) < 4.78 is 14.9. The van der Waals surface area contributed by atoms with Crippen molar-refractivity contribution in [3.8, 4) is 0 Å². The highest BCUT2D eigenvalue weighted by Gasteiger charge is 2.33. The van der Waals surface area contributed by atoms with Gasteiger partial charge in [0.1, 0.15) is 11.5 Å². The molecule has 132 valence electrons. The minimum atomic E-state index is -0.446. The summed E-state index contributed by atoms with van der Waals surface area (Å²) in [5.41, 5.74) is 0. The molecule has 0 fully saturated rings. The maximum atomic E-state index is 13.5. The topological polar surface area (TPSA) is 79.0 Å². The average Bonchev–Trinajstić information content (AvgIpc) is 3.44. The van der Waals surface area contributed by atoms with Crippen LogP contribution in [0.4, 0.5) is 0 Å². The molecule has 0 aliphatic rings. The molecule has 4 rings (SSSR count). The number of furan rings is 2. The molecule has 7 heteroatoms. The molecule has 0 amide bonds. The van der Waals surface area contributed by atoms with Crippen molar-refractivity contribution in [1.82, 2.24) is 19.1 Å². The van der Waals surface area contributed by atoms with Crippen LogP contribution in [0, 0.1) is 0 Å². The van der Waals surface area contributed by atoms with Crippen LogP contribution in [0.15, 0.2) is 83.1 Å². The van der Waals surface area contributed by atoms with Gasteiger partial charge in [-0.3, -0.25) is 4.79 Å². The van der Waals surface area contributed by atoms with Crippen LogP contribution >= 0.6 is 0 Å². The summed E-state index contributed by atoms with van der Waals surface area (Å²) in [7, 11) is 0. The van der Waals surface area contributed by atoms with Gasteiger partial charge in [-0.05, 0) is 24.3 Å². The highest BCUT2D eigenvalue weighted by molar-refractivity contribution is 5.90. The second kappa shape index (κ2) is 7.26. The number of aromatic nitrogens is 4. The van der Waals surface area contributed by atoms with Crippen molar-refractivity contribution in [2.45, 2.75) is 24.9 Å². The second-order valence-electron chi connectivity index (χ2n) is 6.06. The van der Waals surface area contributed by atoms with E-state index in [1.807, 2.05) is 33.7 Å². The predicted molar refractivity (Wildman–Crippen MR) is 92.4 cm³/mol. The maximum Gasteiger partial charge on any atom is 0.157 e. The number of hydrogen-bond donors (Lipinski definition) is 0. The van der Waals surface area contributed by atoms with E-state index in [9.17, 15) is 4.79 Å². The van der Waals surface area contributed by atoms with E-state index in [-0.39, 0.29) is 5.78 Å². The predicted octanol–water partition coefficient (Wildman–Crippen LogP) is 3.10. The van der Waals surface area contributed by atoms with Gasteiger partial charge < -0.3 is 18.0 Å². The summed E-state index contributed by atoms with van der Waals surface area (Å²) in [6.07, 6.45) is 13.6. The van der Waals surface area contributed by atoms with Crippen molar-refractivity contribution in [3.63, 3.8) is 0 Å². The van der Waals surface area contributed by atoms with Gasteiger partial charge in [-0.25, -0.2) is 9.97 Å². The lowest BCUT2D eigenvalue weighted by Crippen LogP contribution is -2.26. The van der Waals surface area contributed by atoms with Crippen LogP contribution < -0.4 is 0 Å². The van der Waals surface area contributed by atoms with Gasteiger partial charge in [0.15, 0.2) is 5.78 Å². The third-order valence-electron chi connectivity index (χ3n) is 4.37. The number of carbonyl (C=O) groups excluding carboxylic acids is 1. The number of carbonyl (C=O) groups is 1. The number of imidazole rings is 2. The Morgan fingerprint density at radius 2 is 1.38 bits per heavy atom. The molecular weight excluding hydrogens is 332 g/mol. The Balaban J connectivity index is 1.66. The van der Waals surface area contributed by atoms with E-state index in [2.05, 4.69) is 9.97 Å². The van der Waals surface area contributed by atoms with Crippen LogP contribution in [0.25, 0.3) is 0 Å². The minimum absolute atomic E-state index is 0.0253. The van der Waals surface area contributed by atoms with Gasteiger partial charge in [0.05, 0.1) is 37.0 Å². The van der Waals surface area contributed by atoms with Crippen LogP contribution in [-0.4, -0.2) is 24.9 Å². The Labute approximate surface area is 149 Å². The molecule has 26 heavy (non-hydrogen) atoms. The van der Waals surface area contributed by atoms with Crippen molar-refractivity contribution >= 4 is 5.78 Å². The van der Waals surface area contributed by atoms with E-state index in [1.165, 1.54) is 0 Å². The molecule has 0 saturated heterocycles. The standard InChI is InChI=1S/C19H18N4O3/c24-19(15(17-3-1-9-25-17)11-22-7-5-20-13-22)16(18-4-2-10-26-18)12-23-8-6-21-14-23/h1-10,13-16H,11-12H2. The molecule has 4 aromatic heterocycles. The van der Waals surface area contributed by atoms with Gasteiger partial charge >= 0.3 is 0 Å². The Morgan fingerprint density at radius 1 is 0.885 bits per heavy atom. The van der Waals surface area contributed by atoms with Gasteiger partial charge in [0.2, 0.25) is 0 Å². The zero-order chi connectivity index (χ0) is 17.8. The summed E-state index contributed by atoms with van der Waals surface area (Å²) in [6, 6.07) is 7.24. The highest BCUT2D eigenvalue weighted by Crippen LogP contribution is 2.30. The molecule has 4 aromatic rings. The minimum Gasteiger partial charge on any atom is -0.469 e. The second-order valence-corrected chi connectivity index (χ2v) is 6.06. The summed E-state index contributed by atoms with van der Waals surface area (Å²) in [5, 5.41) is 0. The molecule has 4 heterocycles. The van der Waals surface area contributed by atoms with Crippen molar-refractivity contribution in [1.29, 1.82) is 0 Å². The number of ketones is 1. The first-order chi connectivity index (χ1) is 12.8. The largest absolute Gasteiger partial charge is 0.469 e. The lowest BCUT2D eigenvalue weighted by atomic mass is 9.88. The van der Waals surface area contributed by atoms with E-state index in [0.29, 0.717) is 24.6 Å². The summed E-state index contributed by atoms with van der Waals surface area (Å²) >= 11 is 0. The first-order valence-corrected chi connectivity index (χ1v) is 8.33. The number of rotatable bonds is 8. The number of hydrogen-bond acceptors (Lipinski definition) is 5. The van der Waals surface area contributed by atoms with Gasteiger partial charge in [-0.15, -0.1) is 0 Å². The van der Waals surface area contributed by atoms with E-state index in [0.717, 1.165) is 0 Å². The van der Waals surface area contributed by atoms with E-state index in [4.69, 9.17) is 8.83 Å². The number of Topliss-reactive ketones (excluding diaryl/α,β-unsaturated/α-hetero) is 1. The van der Waals surface area contributed by atoms with E-state index in [1.54, 1.807) is 49.7 Å². The molecule has 0 N–H and O–H groups in total. The van der Waals surface area contributed by atoms with E-state index < -0.39 is 11.8 Å². The number of nitrogens with zero attached hydrogens (tertiary/aromatic N) is 4. The first kappa shape index (κ1) is 16.1. The zero-order valence-corrected chi connectivity index (χ0v) is 14.0. The monoisotopic (exact) mass is 350 g/mol. The molecule has 2 unspecified atom stereocenters. The van der Waals surface area contributed by atoms with E-state index >= 15 is 0 Å². The molecule has 2 atom stereocenters. The molecule has 0 aromatic carbocycles. The third kappa shape index (κ3) is 3.37. The van der Waals surface area contributed by atoms with Gasteiger partial charge in [0.25, 0.3) is 0 Å². The molecular formula is C19H18N4O3. The van der Waals surface area contributed by atoms with Crippen LogP contribution in [0.1, 0.15) is 23.4 Å². The summed E-state index contributed by atoms with van der Waals surface area (Å²) in [5.74, 6) is 0.393. The van der Waals surface area contributed by atoms with Crippen LogP contribution in [0.3, 0.4) is 0 Å². The van der Waals surface area contributed by atoms with Gasteiger partial charge in [-0.2, -0.15) is 0 Å². The maximum absolute atomic E-state index is 13.5. The van der Waals surface area contributed by atoms with Crippen molar-refractivity contribution in [2.24, 2.45) is 0 Å². The average molecular weight is 350 g/mol. The fourth-order valence-corrected chi connectivity index (χ4v) is 3.07. The summed E-state index contributed by atoms with van der Waals surface area (Å²) in [6.45, 7) is 0.904. The molecule has 7 nitrogen and oxygen atoms in total. The molecule has 0 spiro atoms. The first-order valence-electron chi connectivity index (χ1n) is 8.33. The smallest absolute Gasteiger partial charge is 0.157 e. The Morgan fingerprint density at radius 3 is 1.73 bits per heavy atom. The summed E-state index contributed by atoms with van der Waals surface area (Å²) in [4.78, 5) is 21.6. The Bertz CT molecular complexity index is 833. The third-order valence-corrected chi connectivity index (χ3v) is 4.37. The lowest BCUT2D eigenvalue weighted by molar-refractivity contribution is -0.123. The molecule has 0 aliphatic heterocycles. The zero-order valence-electron chi connectivity index (χ0n) is 14.0. The van der Waals surface area contributed by atoms with Crippen LogP contribution in [0.2, 0.25) is 0 Å². The van der Waals surface area contributed by atoms with Gasteiger partial charge in [0, 0.05) is 37.9 Å². The van der Waals surface area contributed by atoms with Crippen LogP contribution in [-0.2, 0) is 17.9 Å². The highest BCUT2D eigenvalue weighted by atomic mass is 16.3. The van der Waals surface area contributed by atoms with Crippen molar-refractivity contribution in [3.05, 3.63) is 85.8 Å². The fraction of sp³-hybridized carbons (Fsp3) is 0.211. The van der Waals surface area contributed by atoms with Crippen molar-refractivity contribution in [2.75, 3.05) is 0 Å². The van der Waals surface area contributed by atoms with Gasteiger partial charge in [-0.1, -0.05) is 0 Å². The van der Waals surface area contributed by atoms with Crippen molar-refractivity contribution < 1.29 is 13.6 Å².